The Balaban J connectivity index is 1.51. The lowest BCUT2D eigenvalue weighted by Gasteiger charge is -2.14. The van der Waals surface area contributed by atoms with Crippen molar-refractivity contribution in [1.29, 1.82) is 0 Å². The second-order valence-corrected chi connectivity index (χ2v) is 6.34. The molecule has 29 heavy (non-hydrogen) atoms. The van der Waals surface area contributed by atoms with Gasteiger partial charge in [0.25, 0.3) is 5.91 Å². The van der Waals surface area contributed by atoms with Crippen LogP contribution in [0, 0.1) is 5.82 Å². The maximum atomic E-state index is 12.9. The molecule has 1 atom stereocenters. The zero-order valence-corrected chi connectivity index (χ0v) is 15.8. The molecule has 0 aliphatic heterocycles. The van der Waals surface area contributed by atoms with Gasteiger partial charge in [-0.3, -0.25) is 4.79 Å². The Hall–Kier alpha value is -3.67. The van der Waals surface area contributed by atoms with E-state index in [1.54, 1.807) is 24.3 Å². The van der Waals surface area contributed by atoms with Crippen LogP contribution < -0.4 is 10.1 Å². The van der Waals surface area contributed by atoms with Gasteiger partial charge in [0.2, 0.25) is 0 Å². The number of halogens is 1. The lowest BCUT2D eigenvalue weighted by atomic mass is 10.1. The first-order valence-electron chi connectivity index (χ1n) is 9.05. The van der Waals surface area contributed by atoms with Crippen molar-refractivity contribution in [2.24, 2.45) is 0 Å². The molecule has 5 nitrogen and oxygen atoms in total. The van der Waals surface area contributed by atoms with Crippen molar-refractivity contribution in [3.8, 4) is 5.75 Å². The number of hydrogen-bond donors (Lipinski definition) is 1. The van der Waals surface area contributed by atoms with Crippen LogP contribution in [0.4, 0.5) is 10.1 Å². The summed E-state index contributed by atoms with van der Waals surface area (Å²) >= 11 is 0. The molecule has 1 N–H and O–H groups in total. The summed E-state index contributed by atoms with van der Waals surface area (Å²) in [6, 6.07) is 21.5. The molecule has 3 aromatic rings. The molecule has 0 saturated heterocycles. The largest absolute Gasteiger partial charge is 0.489 e. The third-order valence-corrected chi connectivity index (χ3v) is 4.10. The van der Waals surface area contributed by atoms with Crippen molar-refractivity contribution in [2.45, 2.75) is 19.6 Å². The molecule has 1 amide bonds. The molecule has 0 saturated carbocycles. The number of benzene rings is 3. The van der Waals surface area contributed by atoms with Crippen LogP contribution >= 0.6 is 0 Å². The summed E-state index contributed by atoms with van der Waals surface area (Å²) in [5, 5.41) is 2.57. The van der Waals surface area contributed by atoms with E-state index in [9.17, 15) is 14.0 Å². The molecular formula is C23H20FNO4. The molecule has 0 aromatic heterocycles. The normalized spacial score (nSPS) is 11.4. The number of rotatable bonds is 7. The van der Waals surface area contributed by atoms with Crippen LogP contribution in [-0.4, -0.2) is 18.0 Å². The Morgan fingerprint density at radius 2 is 1.59 bits per heavy atom. The van der Waals surface area contributed by atoms with Crippen molar-refractivity contribution in [3.05, 3.63) is 95.8 Å². The highest BCUT2D eigenvalue weighted by molar-refractivity contribution is 5.97. The standard InChI is InChI=1S/C23H20FNO4/c1-16(22(26)25-20-13-11-19(24)12-14-20)29-23(27)18-9-7-17(8-10-18)15-28-21-5-3-2-4-6-21/h2-14,16H,15H2,1H3,(H,25,26)/t16-/m1/s1. The number of hydrogen-bond acceptors (Lipinski definition) is 4. The van der Waals surface area contributed by atoms with Gasteiger partial charge in [-0.2, -0.15) is 0 Å². The van der Waals surface area contributed by atoms with Crippen LogP contribution in [0.5, 0.6) is 5.75 Å². The van der Waals surface area contributed by atoms with Crippen LogP contribution in [0.1, 0.15) is 22.8 Å². The molecule has 3 aromatic carbocycles. The van der Waals surface area contributed by atoms with Gasteiger partial charge in [-0.05, 0) is 61.0 Å². The van der Waals surface area contributed by atoms with Gasteiger partial charge in [-0.1, -0.05) is 30.3 Å². The van der Waals surface area contributed by atoms with Crippen LogP contribution in [0.15, 0.2) is 78.9 Å². The minimum atomic E-state index is -1.01. The van der Waals surface area contributed by atoms with Crippen molar-refractivity contribution in [2.75, 3.05) is 5.32 Å². The van der Waals surface area contributed by atoms with Gasteiger partial charge in [0.05, 0.1) is 5.56 Å². The maximum Gasteiger partial charge on any atom is 0.338 e. The van der Waals surface area contributed by atoms with Crippen molar-refractivity contribution >= 4 is 17.6 Å². The first kappa shape index (κ1) is 20.1. The summed E-state index contributed by atoms with van der Waals surface area (Å²) in [6.45, 7) is 1.84. The van der Waals surface area contributed by atoms with Gasteiger partial charge >= 0.3 is 5.97 Å². The predicted molar refractivity (Wildman–Crippen MR) is 107 cm³/mol. The van der Waals surface area contributed by atoms with Crippen molar-refractivity contribution in [1.82, 2.24) is 0 Å². The molecular weight excluding hydrogens is 373 g/mol. The smallest absolute Gasteiger partial charge is 0.338 e. The molecule has 148 valence electrons. The molecule has 3 rings (SSSR count). The first-order chi connectivity index (χ1) is 14.0. The van der Waals surface area contributed by atoms with E-state index in [1.165, 1.54) is 31.2 Å². The van der Waals surface area contributed by atoms with E-state index in [0.29, 0.717) is 17.9 Å². The molecule has 0 fully saturated rings. The number of para-hydroxylation sites is 1. The molecule has 0 bridgehead atoms. The highest BCUT2D eigenvalue weighted by Crippen LogP contribution is 2.14. The molecule has 0 aliphatic carbocycles. The lowest BCUT2D eigenvalue weighted by Crippen LogP contribution is -2.30. The fraction of sp³-hybridized carbons (Fsp3) is 0.130. The Morgan fingerprint density at radius 3 is 2.24 bits per heavy atom. The summed E-state index contributed by atoms with van der Waals surface area (Å²) < 4.78 is 23.8. The van der Waals surface area contributed by atoms with E-state index in [1.807, 2.05) is 30.3 Å². The number of esters is 1. The highest BCUT2D eigenvalue weighted by atomic mass is 19.1. The summed E-state index contributed by atoms with van der Waals surface area (Å²) in [4.78, 5) is 24.4. The summed E-state index contributed by atoms with van der Waals surface area (Å²) in [5.74, 6) is -0.753. The van der Waals surface area contributed by atoms with E-state index in [0.717, 1.165) is 11.3 Å². The number of carbonyl (C=O) groups excluding carboxylic acids is 2. The van der Waals surface area contributed by atoms with Crippen LogP contribution in [0.2, 0.25) is 0 Å². The van der Waals surface area contributed by atoms with Gasteiger partial charge in [-0.25, -0.2) is 9.18 Å². The minimum Gasteiger partial charge on any atom is -0.489 e. The Bertz CT molecular complexity index is 956. The Kier molecular flexibility index (Phi) is 6.58. The lowest BCUT2D eigenvalue weighted by molar-refractivity contribution is -0.123. The van der Waals surface area contributed by atoms with E-state index in [-0.39, 0.29) is 0 Å². The van der Waals surface area contributed by atoms with Crippen LogP contribution in [0.25, 0.3) is 0 Å². The third-order valence-electron chi connectivity index (χ3n) is 4.10. The average Bonchev–Trinajstić information content (AvgIpc) is 2.75. The van der Waals surface area contributed by atoms with E-state index < -0.39 is 23.8 Å². The fourth-order valence-corrected chi connectivity index (χ4v) is 2.48. The molecule has 0 spiro atoms. The number of carbonyl (C=O) groups is 2. The van der Waals surface area contributed by atoms with Crippen LogP contribution in [-0.2, 0) is 16.1 Å². The second-order valence-electron chi connectivity index (χ2n) is 6.34. The van der Waals surface area contributed by atoms with E-state index in [2.05, 4.69) is 5.32 Å². The third kappa shape index (κ3) is 5.90. The van der Waals surface area contributed by atoms with Gasteiger partial charge < -0.3 is 14.8 Å². The summed E-state index contributed by atoms with van der Waals surface area (Å²) in [7, 11) is 0. The van der Waals surface area contributed by atoms with Gasteiger partial charge in [0.15, 0.2) is 6.10 Å². The highest BCUT2D eigenvalue weighted by Gasteiger charge is 2.19. The van der Waals surface area contributed by atoms with Crippen molar-refractivity contribution < 1.29 is 23.5 Å². The van der Waals surface area contributed by atoms with E-state index >= 15 is 0 Å². The number of nitrogens with one attached hydrogen (secondary N) is 1. The molecule has 0 radical (unpaired) electrons. The number of ether oxygens (including phenoxy) is 2. The first-order valence-corrected chi connectivity index (χ1v) is 9.05. The average molecular weight is 393 g/mol. The topological polar surface area (TPSA) is 64.6 Å². The minimum absolute atomic E-state index is 0.329. The molecule has 0 heterocycles. The van der Waals surface area contributed by atoms with Gasteiger partial charge in [-0.15, -0.1) is 0 Å². The number of anilines is 1. The predicted octanol–water partition coefficient (Wildman–Crippen LogP) is 4.59. The van der Waals surface area contributed by atoms with Gasteiger partial charge in [0, 0.05) is 5.69 Å². The molecule has 0 unspecified atom stereocenters. The Labute approximate surface area is 168 Å². The van der Waals surface area contributed by atoms with Gasteiger partial charge in [0.1, 0.15) is 18.2 Å². The Morgan fingerprint density at radius 1 is 0.931 bits per heavy atom. The monoisotopic (exact) mass is 393 g/mol. The zero-order valence-electron chi connectivity index (χ0n) is 15.8. The van der Waals surface area contributed by atoms with E-state index in [4.69, 9.17) is 9.47 Å². The number of amides is 1. The summed E-state index contributed by atoms with van der Waals surface area (Å²) in [6.07, 6.45) is -1.01. The SMILES string of the molecule is C[C@@H](OC(=O)c1ccc(COc2ccccc2)cc1)C(=O)Nc1ccc(F)cc1. The van der Waals surface area contributed by atoms with Crippen LogP contribution in [0.3, 0.4) is 0 Å². The quantitative estimate of drug-likeness (QED) is 0.597. The molecule has 0 aliphatic rings. The second kappa shape index (κ2) is 9.50. The fourth-order valence-electron chi connectivity index (χ4n) is 2.48. The summed E-state index contributed by atoms with van der Waals surface area (Å²) in [5.41, 5.74) is 1.64. The van der Waals surface area contributed by atoms with Crippen molar-refractivity contribution in [3.63, 3.8) is 0 Å². The maximum absolute atomic E-state index is 12.9. The molecule has 6 heteroatoms. The zero-order chi connectivity index (χ0) is 20.6.